The monoisotopic (exact) mass is 113 g/mol. The fourth-order valence-electron chi connectivity index (χ4n) is 0. The summed E-state index contributed by atoms with van der Waals surface area (Å²) in [6.07, 6.45) is 1.10. The predicted molar refractivity (Wildman–Crippen MR) is 33.0 cm³/mol. The highest BCUT2D eigenvalue weighted by Gasteiger charge is 1.55. The molecule has 1 atom stereocenters. The molecule has 0 bridgehead atoms. The Labute approximate surface area is 41.3 Å². The average Bonchev–Trinajstić information content (AvgIpc) is 1.37. The SMILES string of the molecule is CCCN.F.P. The maximum Gasteiger partial charge on any atom is -0.00799 e. The Morgan fingerprint density at radius 3 is 1.67 bits per heavy atom. The Kier molecular flexibility index (Phi) is 49.9. The fourth-order valence-corrected chi connectivity index (χ4v) is 0. The van der Waals surface area contributed by atoms with Crippen molar-refractivity contribution in [3.8, 4) is 0 Å². The Morgan fingerprint density at radius 2 is 1.67 bits per heavy atom. The van der Waals surface area contributed by atoms with Crippen LogP contribution >= 0.6 is 9.90 Å². The molecule has 0 aliphatic heterocycles. The van der Waals surface area contributed by atoms with Crippen molar-refractivity contribution in [2.75, 3.05) is 6.54 Å². The van der Waals surface area contributed by atoms with Gasteiger partial charge in [-0.05, 0) is 13.0 Å². The molecule has 2 N–H and O–H groups in total. The van der Waals surface area contributed by atoms with Crippen molar-refractivity contribution in [3.63, 3.8) is 0 Å². The van der Waals surface area contributed by atoms with Crippen molar-refractivity contribution in [1.82, 2.24) is 0 Å². The molecule has 0 aromatic carbocycles. The summed E-state index contributed by atoms with van der Waals surface area (Å²) in [5.74, 6) is 0. The first-order chi connectivity index (χ1) is 1.91. The van der Waals surface area contributed by atoms with Gasteiger partial charge < -0.3 is 5.73 Å². The van der Waals surface area contributed by atoms with Gasteiger partial charge in [0.2, 0.25) is 0 Å². The highest BCUT2D eigenvalue weighted by Crippen LogP contribution is 1.57. The molecular formula is C3H13FNP. The highest BCUT2D eigenvalue weighted by molar-refractivity contribution is 6.92. The largest absolute Gasteiger partial charge is 0.330 e. The quantitative estimate of drug-likeness (QED) is 0.494. The molecular weight excluding hydrogens is 100 g/mol. The van der Waals surface area contributed by atoms with Crippen LogP contribution in [0.4, 0.5) is 4.70 Å². The lowest BCUT2D eigenvalue weighted by molar-refractivity contribution is 0.932. The van der Waals surface area contributed by atoms with Crippen molar-refractivity contribution >= 4 is 9.90 Å². The zero-order valence-electron chi connectivity index (χ0n) is 4.11. The first kappa shape index (κ1) is 16.2. The van der Waals surface area contributed by atoms with E-state index in [0.29, 0.717) is 0 Å². The maximum atomic E-state index is 5.03. The van der Waals surface area contributed by atoms with Gasteiger partial charge >= 0.3 is 0 Å². The lowest BCUT2D eigenvalue weighted by Crippen LogP contribution is -1.93. The van der Waals surface area contributed by atoms with E-state index in [1.807, 2.05) is 0 Å². The van der Waals surface area contributed by atoms with Gasteiger partial charge in [0.05, 0.1) is 0 Å². The summed E-state index contributed by atoms with van der Waals surface area (Å²) in [5.41, 5.74) is 5.03. The van der Waals surface area contributed by atoms with E-state index in [-0.39, 0.29) is 14.6 Å². The van der Waals surface area contributed by atoms with Crippen LogP contribution in [-0.2, 0) is 0 Å². The van der Waals surface area contributed by atoms with Crippen LogP contribution in [0.5, 0.6) is 0 Å². The van der Waals surface area contributed by atoms with E-state index in [1.54, 1.807) is 0 Å². The lowest BCUT2D eigenvalue weighted by Gasteiger charge is -1.70. The summed E-state index contributed by atoms with van der Waals surface area (Å²) in [4.78, 5) is 0. The van der Waals surface area contributed by atoms with E-state index in [0.717, 1.165) is 13.0 Å². The molecule has 1 nitrogen and oxygen atoms in total. The van der Waals surface area contributed by atoms with E-state index in [2.05, 4.69) is 6.92 Å². The smallest absolute Gasteiger partial charge is 0.00799 e. The van der Waals surface area contributed by atoms with E-state index in [9.17, 15) is 0 Å². The molecule has 0 saturated carbocycles. The summed E-state index contributed by atoms with van der Waals surface area (Å²) in [5, 5.41) is 0. The van der Waals surface area contributed by atoms with Crippen LogP contribution in [0.3, 0.4) is 0 Å². The van der Waals surface area contributed by atoms with Gasteiger partial charge in [0, 0.05) is 0 Å². The number of halogens is 1. The Balaban J connectivity index is -0.0000000450. The first-order valence-corrected chi connectivity index (χ1v) is 1.62. The Hall–Kier alpha value is 0.320. The minimum Gasteiger partial charge on any atom is -0.330 e. The number of hydrogen-bond acceptors (Lipinski definition) is 1. The molecule has 0 aromatic rings. The minimum atomic E-state index is 0. The van der Waals surface area contributed by atoms with E-state index in [4.69, 9.17) is 5.73 Å². The van der Waals surface area contributed by atoms with Crippen LogP contribution in [-0.4, -0.2) is 6.54 Å². The van der Waals surface area contributed by atoms with Crippen molar-refractivity contribution in [2.45, 2.75) is 13.3 Å². The number of rotatable bonds is 1. The van der Waals surface area contributed by atoms with Crippen LogP contribution in [0.1, 0.15) is 13.3 Å². The molecule has 0 rings (SSSR count). The summed E-state index contributed by atoms with van der Waals surface area (Å²) in [7, 11) is 0. The molecule has 0 spiro atoms. The summed E-state index contributed by atoms with van der Waals surface area (Å²) in [6, 6.07) is 0. The van der Waals surface area contributed by atoms with Gasteiger partial charge in [-0.1, -0.05) is 6.92 Å². The van der Waals surface area contributed by atoms with Gasteiger partial charge in [-0.3, -0.25) is 4.70 Å². The maximum absolute atomic E-state index is 5.03. The van der Waals surface area contributed by atoms with Crippen LogP contribution in [0.15, 0.2) is 0 Å². The predicted octanol–water partition coefficient (Wildman–Crippen LogP) is 0.566. The summed E-state index contributed by atoms with van der Waals surface area (Å²) < 4.78 is 0. The highest BCUT2D eigenvalue weighted by atomic mass is 31.0. The minimum absolute atomic E-state index is 0. The number of hydrogen-bond donors (Lipinski definition) is 1. The average molecular weight is 113 g/mol. The van der Waals surface area contributed by atoms with Crippen molar-refractivity contribution < 1.29 is 4.70 Å². The van der Waals surface area contributed by atoms with Gasteiger partial charge in [-0.15, -0.1) is 0 Å². The Bertz CT molecular complexity index is 12.8. The zero-order chi connectivity index (χ0) is 3.41. The third-order valence-corrected chi connectivity index (χ3v) is 0.289. The van der Waals surface area contributed by atoms with E-state index < -0.39 is 0 Å². The molecule has 42 valence electrons. The Morgan fingerprint density at radius 1 is 1.50 bits per heavy atom. The molecule has 0 aliphatic rings. The zero-order valence-corrected chi connectivity index (χ0v) is 5.52. The van der Waals surface area contributed by atoms with Gasteiger partial charge in [0.15, 0.2) is 0 Å². The molecule has 6 heavy (non-hydrogen) atoms. The molecule has 1 unspecified atom stereocenters. The molecule has 0 heterocycles. The van der Waals surface area contributed by atoms with Crippen LogP contribution in [0.25, 0.3) is 0 Å². The van der Waals surface area contributed by atoms with Gasteiger partial charge in [0.25, 0.3) is 0 Å². The molecule has 0 fully saturated rings. The van der Waals surface area contributed by atoms with Crippen LogP contribution < -0.4 is 5.73 Å². The molecule has 0 aliphatic carbocycles. The number of nitrogens with two attached hydrogens (primary N) is 1. The standard InChI is InChI=1S/C3H9N.FH.H3P/c1-2-3-4;;/h2-4H2,1H3;1H;1H3. The normalized spacial score (nSPS) is 5.00. The van der Waals surface area contributed by atoms with Crippen LogP contribution in [0, 0.1) is 0 Å². The lowest BCUT2D eigenvalue weighted by atomic mass is 10.5. The first-order valence-electron chi connectivity index (χ1n) is 1.62. The third kappa shape index (κ3) is 27.3. The summed E-state index contributed by atoms with van der Waals surface area (Å²) >= 11 is 0. The summed E-state index contributed by atoms with van der Waals surface area (Å²) in [6.45, 7) is 2.88. The van der Waals surface area contributed by atoms with E-state index in [1.165, 1.54) is 0 Å². The third-order valence-electron chi connectivity index (χ3n) is 0.289. The topological polar surface area (TPSA) is 26.0 Å². The van der Waals surface area contributed by atoms with Crippen molar-refractivity contribution in [1.29, 1.82) is 0 Å². The van der Waals surface area contributed by atoms with Gasteiger partial charge in [-0.2, -0.15) is 9.90 Å². The van der Waals surface area contributed by atoms with Crippen molar-refractivity contribution in [2.24, 2.45) is 5.73 Å². The van der Waals surface area contributed by atoms with Crippen molar-refractivity contribution in [3.05, 3.63) is 0 Å². The molecule has 3 heteroatoms. The molecule has 0 amide bonds. The second-order valence-electron chi connectivity index (χ2n) is 0.789. The molecule has 0 saturated heterocycles. The van der Waals surface area contributed by atoms with E-state index >= 15 is 0 Å². The molecule has 0 aromatic heterocycles. The second-order valence-corrected chi connectivity index (χ2v) is 0.789. The fraction of sp³-hybridized carbons (Fsp3) is 1.00. The van der Waals surface area contributed by atoms with Gasteiger partial charge in [0.1, 0.15) is 0 Å². The second kappa shape index (κ2) is 18.4. The molecule has 0 radical (unpaired) electrons. The van der Waals surface area contributed by atoms with Gasteiger partial charge in [-0.25, -0.2) is 0 Å². The van der Waals surface area contributed by atoms with Crippen LogP contribution in [0.2, 0.25) is 0 Å².